The van der Waals surface area contributed by atoms with Crippen LogP contribution in [0, 0.1) is 6.08 Å². The smallest absolute Gasteiger partial charge is 0.744 e. The summed E-state index contributed by atoms with van der Waals surface area (Å²) >= 11 is 0. The summed E-state index contributed by atoms with van der Waals surface area (Å²) in [4.78, 5) is 19.7. The van der Waals surface area contributed by atoms with Gasteiger partial charge >= 0.3 is 124 Å². The van der Waals surface area contributed by atoms with E-state index >= 15 is 0 Å². The van der Waals surface area contributed by atoms with E-state index in [1.807, 2.05) is 0 Å². The Morgan fingerprint density at radius 1 is 0.597 bits per heavy atom. The number of nitrogens with zero attached hydrogens (tertiary/aromatic N) is 5. The zero-order valence-electron chi connectivity index (χ0n) is 34.8. The van der Waals surface area contributed by atoms with Crippen LogP contribution < -0.4 is 134 Å². The Kier molecular flexibility index (Phi) is 19.8. The molecule has 1 heterocycles. The number of phenols is 1. The Balaban J connectivity index is 0.00000298. The standard InChI is InChI=1S/C36H25FN8O14S4.4Na/c37-34-41-35(43-36(42-34)40-24-12-10-18-6-4-5-9-23(18)32(24)63(57,58)59)38-21-11-13-27(61(51,52)53)25(16-21)44-45-30-28(62(54,55)56)15-20-14-22(60(48,49)50)17-26(29(20)31(30)46)39-33(47)19-7-2-1-3-8-19;;;;/h1-17,46H,(H,39,47)(H,48,49,50)(H,51,52,53)(H,54,55,56)(H,57,58,59)(H2,38,40,41,42,43);;;;/q;4*+1/p-4. The largest absolute Gasteiger partial charge is 1.00 e. The number of aromatic nitrogens is 3. The summed E-state index contributed by atoms with van der Waals surface area (Å²) in [7, 11) is -21.6. The maximum absolute atomic E-state index is 14.7. The van der Waals surface area contributed by atoms with Crippen LogP contribution in [0.1, 0.15) is 10.4 Å². The van der Waals surface area contributed by atoms with Crippen molar-refractivity contribution in [3.05, 3.63) is 115 Å². The van der Waals surface area contributed by atoms with Crippen molar-refractivity contribution in [2.24, 2.45) is 10.2 Å². The normalized spacial score (nSPS) is 11.7. The third-order valence-electron chi connectivity index (χ3n) is 8.69. The van der Waals surface area contributed by atoms with E-state index in [0.717, 1.165) is 12.1 Å². The first kappa shape index (κ1) is 58.2. The summed E-state index contributed by atoms with van der Waals surface area (Å²) in [5.74, 6) is -3.45. The molecule has 7 aromatic rings. The zero-order chi connectivity index (χ0) is 45.6. The average molecular weight is 1030 g/mol. The van der Waals surface area contributed by atoms with Gasteiger partial charge in [0.05, 0.1) is 31.0 Å². The number of anilines is 5. The van der Waals surface area contributed by atoms with E-state index in [4.69, 9.17) is 0 Å². The Morgan fingerprint density at radius 3 is 1.82 bits per heavy atom. The van der Waals surface area contributed by atoms with Crippen LogP contribution in [0.3, 0.4) is 0 Å². The maximum atomic E-state index is 14.7. The summed E-state index contributed by atoms with van der Waals surface area (Å²) < 4.78 is 162. The number of hydrogen-bond donors (Lipinski definition) is 4. The van der Waals surface area contributed by atoms with Crippen LogP contribution in [0.4, 0.5) is 44.7 Å². The number of halogens is 1. The molecule has 0 saturated heterocycles. The topological polar surface area (TPSA) is 366 Å². The third-order valence-corrected chi connectivity index (χ3v) is 12.2. The number of carbonyl (C=O) groups excluding carboxylic acids is 1. The number of phenolic OH excluding ortho intramolecular Hbond substituents is 1. The Morgan fingerprint density at radius 2 is 1.21 bits per heavy atom. The number of aromatic hydroxyl groups is 1. The molecule has 67 heavy (non-hydrogen) atoms. The van der Waals surface area contributed by atoms with E-state index in [2.05, 4.69) is 41.1 Å². The van der Waals surface area contributed by atoms with Gasteiger partial charge in [-0.25, -0.2) is 33.7 Å². The first-order valence-corrected chi connectivity index (χ1v) is 22.7. The summed E-state index contributed by atoms with van der Waals surface area (Å²) in [5, 5.41) is 25.1. The first-order valence-electron chi connectivity index (χ1n) is 17.0. The number of fused-ring (bicyclic) bond motifs is 2. The van der Waals surface area contributed by atoms with Gasteiger partial charge in [-0.2, -0.15) is 19.3 Å². The molecule has 0 radical (unpaired) electrons. The molecule has 0 spiro atoms. The van der Waals surface area contributed by atoms with Gasteiger partial charge in [0, 0.05) is 22.0 Å². The fourth-order valence-corrected chi connectivity index (χ4v) is 8.70. The van der Waals surface area contributed by atoms with Crippen LogP contribution in [0.5, 0.6) is 5.75 Å². The van der Waals surface area contributed by atoms with Crippen LogP contribution in [-0.2, 0) is 40.5 Å². The van der Waals surface area contributed by atoms with Crippen molar-refractivity contribution in [3.63, 3.8) is 0 Å². The molecule has 0 atom stereocenters. The number of azo groups is 1. The molecule has 0 saturated carbocycles. The van der Waals surface area contributed by atoms with Gasteiger partial charge < -0.3 is 39.3 Å². The van der Waals surface area contributed by atoms with Crippen molar-refractivity contribution >= 4 is 108 Å². The molecule has 0 aliphatic heterocycles. The molecule has 6 aromatic carbocycles. The summed E-state index contributed by atoms with van der Waals surface area (Å²) in [6.07, 6.45) is -1.46. The molecule has 22 nitrogen and oxygen atoms in total. The predicted molar refractivity (Wildman–Crippen MR) is 213 cm³/mol. The van der Waals surface area contributed by atoms with Gasteiger partial charge in [0.15, 0.2) is 5.75 Å². The van der Waals surface area contributed by atoms with Crippen molar-refractivity contribution in [2.75, 3.05) is 16.0 Å². The number of amides is 1. The third kappa shape index (κ3) is 13.6. The fourth-order valence-electron chi connectivity index (χ4n) is 6.08. The SMILES string of the molecule is O=C(Nc1cc(S(=O)(=O)[O-])cc2cc(S(=O)(=O)[O-])c(N=Nc3cc(Nc4nc(F)nc(Nc5ccc6ccccc6c5S(=O)(=O)[O-])n4)ccc3S(=O)(=O)[O-])c(O)c12)c1ccccc1.[Na+].[Na+].[Na+].[Na+]. The number of rotatable bonds is 12. The number of benzene rings is 6. The number of carbonyl (C=O) groups is 1. The minimum absolute atomic E-state index is 0. The minimum atomic E-state index is -5.70. The average Bonchev–Trinajstić information content (AvgIpc) is 3.18. The van der Waals surface area contributed by atoms with Crippen LogP contribution in [0.15, 0.2) is 133 Å². The molecule has 1 amide bonds. The van der Waals surface area contributed by atoms with Crippen LogP contribution >= 0.6 is 0 Å². The first-order chi connectivity index (χ1) is 29.5. The van der Waals surface area contributed by atoms with Gasteiger partial charge in [0.25, 0.3) is 5.91 Å². The fraction of sp³-hybridized carbons (Fsp3) is 0. The second kappa shape index (κ2) is 22.8. The monoisotopic (exact) mass is 1030 g/mol. The molecule has 0 aliphatic carbocycles. The van der Waals surface area contributed by atoms with Gasteiger partial charge in [-0.15, -0.1) is 10.2 Å². The van der Waals surface area contributed by atoms with Crippen molar-refractivity contribution in [2.45, 2.75) is 19.6 Å². The molecule has 31 heteroatoms. The van der Waals surface area contributed by atoms with E-state index in [9.17, 15) is 66.2 Å². The number of nitrogens with one attached hydrogen (secondary N) is 3. The van der Waals surface area contributed by atoms with Gasteiger partial charge in [-0.05, 0) is 65.4 Å². The second-order valence-electron chi connectivity index (χ2n) is 12.8. The van der Waals surface area contributed by atoms with Crippen molar-refractivity contribution in [1.82, 2.24) is 15.0 Å². The molecule has 0 bridgehead atoms. The molecular formula is C36H21FN8Na4O14S4. The van der Waals surface area contributed by atoms with Crippen molar-refractivity contribution in [3.8, 4) is 5.75 Å². The summed E-state index contributed by atoms with van der Waals surface area (Å²) in [6, 6.07) is 19.9. The van der Waals surface area contributed by atoms with Crippen LogP contribution in [-0.4, -0.2) is 77.8 Å². The predicted octanol–water partition coefficient (Wildman–Crippen LogP) is -7.19. The molecule has 4 N–H and O–H groups in total. The van der Waals surface area contributed by atoms with Crippen LogP contribution in [0.2, 0.25) is 0 Å². The molecule has 0 unspecified atom stereocenters. The van der Waals surface area contributed by atoms with E-state index in [1.54, 1.807) is 12.1 Å². The Labute approximate surface area is 467 Å². The summed E-state index contributed by atoms with van der Waals surface area (Å²) in [6.45, 7) is 0. The zero-order valence-corrected chi connectivity index (χ0v) is 46.1. The summed E-state index contributed by atoms with van der Waals surface area (Å²) in [5.41, 5.74) is -3.33. The molecule has 0 fully saturated rings. The van der Waals surface area contributed by atoms with Crippen molar-refractivity contribution in [1.29, 1.82) is 0 Å². The van der Waals surface area contributed by atoms with Crippen molar-refractivity contribution < 1.29 is 184 Å². The van der Waals surface area contributed by atoms with Gasteiger partial charge in [-0.1, -0.05) is 48.5 Å². The molecule has 324 valence electrons. The van der Waals surface area contributed by atoms with Gasteiger partial charge in [0.2, 0.25) is 11.9 Å². The minimum Gasteiger partial charge on any atom is -0.744 e. The maximum Gasteiger partial charge on any atom is 1.00 e. The molecule has 7 rings (SSSR count). The quantitative estimate of drug-likeness (QED) is 0.0502. The molecular weight excluding hydrogens is 1010 g/mol. The van der Waals surface area contributed by atoms with Crippen LogP contribution in [0.25, 0.3) is 21.5 Å². The van der Waals surface area contributed by atoms with E-state index < -0.39 is 118 Å². The van der Waals surface area contributed by atoms with E-state index in [-0.39, 0.29) is 141 Å². The van der Waals surface area contributed by atoms with E-state index in [0.29, 0.717) is 29.7 Å². The van der Waals surface area contributed by atoms with Gasteiger partial charge in [0.1, 0.15) is 51.8 Å². The molecule has 0 aliphatic rings. The van der Waals surface area contributed by atoms with E-state index in [1.165, 1.54) is 54.6 Å². The Hall–Kier alpha value is -3.11. The Bertz CT molecular complexity index is 3570. The number of hydrogen-bond acceptors (Lipinski definition) is 21. The molecule has 1 aromatic heterocycles. The van der Waals surface area contributed by atoms with Gasteiger partial charge in [-0.3, -0.25) is 4.79 Å². The second-order valence-corrected chi connectivity index (χ2v) is 18.2.